The van der Waals surface area contributed by atoms with E-state index in [1.807, 2.05) is 72.4 Å². The van der Waals surface area contributed by atoms with Gasteiger partial charge < -0.3 is 5.32 Å². The highest BCUT2D eigenvalue weighted by molar-refractivity contribution is 7.15. The molecule has 0 saturated heterocycles. The van der Waals surface area contributed by atoms with E-state index in [1.54, 1.807) is 4.40 Å². The van der Waals surface area contributed by atoms with Crippen LogP contribution in [0.2, 0.25) is 0 Å². The Labute approximate surface area is 219 Å². The molecule has 0 fully saturated rings. The van der Waals surface area contributed by atoms with E-state index in [1.165, 1.54) is 22.5 Å². The average Bonchev–Trinajstić information content (AvgIpc) is 3.44. The zero-order valence-electron chi connectivity index (χ0n) is 21.4. The summed E-state index contributed by atoms with van der Waals surface area (Å²) in [5.41, 5.74) is 7.47. The first kappa shape index (κ1) is 24.6. The van der Waals surface area contributed by atoms with Gasteiger partial charge in [-0.15, -0.1) is 11.3 Å². The number of carbonyl (C=O) groups excluding carboxylic acids is 1. The van der Waals surface area contributed by atoms with Crippen molar-refractivity contribution in [2.75, 3.05) is 6.54 Å². The van der Waals surface area contributed by atoms with Crippen molar-refractivity contribution in [3.63, 3.8) is 0 Å². The number of carbonyl (C=O) groups is 1. The zero-order chi connectivity index (χ0) is 26.1. The molecule has 0 aliphatic rings. The molecule has 5 rings (SSSR count). The SMILES string of the molecule is Cc1cccc(-n2nc(-c3c(C)nc4scc(CC(=O)NCCc5ccccc5)n4c3=O)cc2C)c1C. The van der Waals surface area contributed by atoms with Crippen LogP contribution in [-0.2, 0) is 17.6 Å². The van der Waals surface area contributed by atoms with Crippen molar-refractivity contribution in [3.05, 3.63) is 104 Å². The van der Waals surface area contributed by atoms with Gasteiger partial charge in [0.2, 0.25) is 5.91 Å². The van der Waals surface area contributed by atoms with Crippen LogP contribution in [-0.4, -0.2) is 31.6 Å². The molecule has 2 aromatic carbocycles. The molecule has 37 heavy (non-hydrogen) atoms. The molecule has 0 radical (unpaired) electrons. The molecule has 1 amide bonds. The first-order valence-corrected chi connectivity index (χ1v) is 13.2. The standard InChI is InChI=1S/C29H29N5O2S/c1-18-9-8-12-25(20(18)3)34-19(2)15-24(32-34)27-21(4)31-29-33(28(27)36)23(17-37-29)16-26(35)30-14-13-22-10-6-5-7-11-22/h5-12,15,17H,13-14,16H2,1-4H3,(H,30,35). The molecule has 3 aromatic heterocycles. The van der Waals surface area contributed by atoms with Crippen LogP contribution in [0.1, 0.15) is 33.8 Å². The smallest absolute Gasteiger partial charge is 0.268 e. The van der Waals surface area contributed by atoms with Crippen molar-refractivity contribution in [2.24, 2.45) is 0 Å². The van der Waals surface area contributed by atoms with Gasteiger partial charge in [-0.2, -0.15) is 5.10 Å². The lowest BCUT2D eigenvalue weighted by atomic mass is 10.1. The number of thiazole rings is 1. The fourth-order valence-electron chi connectivity index (χ4n) is 4.55. The third kappa shape index (κ3) is 4.84. The predicted octanol–water partition coefficient (Wildman–Crippen LogP) is 4.74. The molecular formula is C29H29N5O2S. The summed E-state index contributed by atoms with van der Waals surface area (Å²) in [6, 6.07) is 18.1. The lowest BCUT2D eigenvalue weighted by Crippen LogP contribution is -2.29. The Morgan fingerprint density at radius 1 is 1.03 bits per heavy atom. The van der Waals surface area contributed by atoms with Gasteiger partial charge >= 0.3 is 0 Å². The van der Waals surface area contributed by atoms with Crippen LogP contribution in [0.15, 0.2) is 64.8 Å². The molecule has 0 aliphatic carbocycles. The van der Waals surface area contributed by atoms with E-state index in [0.717, 1.165) is 23.4 Å². The summed E-state index contributed by atoms with van der Waals surface area (Å²) in [6.07, 6.45) is 0.860. The summed E-state index contributed by atoms with van der Waals surface area (Å²) in [7, 11) is 0. The molecule has 0 atom stereocenters. The van der Waals surface area contributed by atoms with Crippen LogP contribution in [0.25, 0.3) is 21.9 Å². The normalized spacial score (nSPS) is 11.2. The number of hydrogen-bond donors (Lipinski definition) is 1. The van der Waals surface area contributed by atoms with Crippen LogP contribution in [0.5, 0.6) is 0 Å². The van der Waals surface area contributed by atoms with E-state index in [2.05, 4.69) is 30.2 Å². The molecule has 1 N–H and O–H groups in total. The lowest BCUT2D eigenvalue weighted by Gasteiger charge is -2.10. The first-order chi connectivity index (χ1) is 17.8. The van der Waals surface area contributed by atoms with Gasteiger partial charge in [0, 0.05) is 23.3 Å². The van der Waals surface area contributed by atoms with Gasteiger partial charge in [0.25, 0.3) is 5.56 Å². The van der Waals surface area contributed by atoms with Gasteiger partial charge in [0.05, 0.1) is 23.4 Å². The summed E-state index contributed by atoms with van der Waals surface area (Å²) < 4.78 is 3.43. The quantitative estimate of drug-likeness (QED) is 0.342. The summed E-state index contributed by atoms with van der Waals surface area (Å²) in [5.74, 6) is -0.125. The van der Waals surface area contributed by atoms with E-state index in [4.69, 9.17) is 5.10 Å². The molecule has 8 heteroatoms. The van der Waals surface area contributed by atoms with E-state index < -0.39 is 0 Å². The number of benzene rings is 2. The van der Waals surface area contributed by atoms with Crippen molar-refractivity contribution in [1.29, 1.82) is 0 Å². The fourth-order valence-corrected chi connectivity index (χ4v) is 5.47. The largest absolute Gasteiger partial charge is 0.355 e. The Morgan fingerprint density at radius 3 is 2.59 bits per heavy atom. The van der Waals surface area contributed by atoms with Crippen LogP contribution < -0.4 is 10.9 Å². The first-order valence-electron chi connectivity index (χ1n) is 12.3. The molecule has 5 aromatic rings. The second-order valence-electron chi connectivity index (χ2n) is 9.29. The summed E-state index contributed by atoms with van der Waals surface area (Å²) in [6.45, 7) is 8.49. The van der Waals surface area contributed by atoms with Gasteiger partial charge in [-0.25, -0.2) is 9.67 Å². The monoisotopic (exact) mass is 511 g/mol. The van der Waals surface area contributed by atoms with Crippen molar-refractivity contribution in [1.82, 2.24) is 24.5 Å². The highest BCUT2D eigenvalue weighted by Gasteiger charge is 2.20. The second-order valence-corrected chi connectivity index (χ2v) is 10.1. The number of nitrogens with zero attached hydrogens (tertiary/aromatic N) is 4. The van der Waals surface area contributed by atoms with Gasteiger partial charge in [0.1, 0.15) is 5.69 Å². The second kappa shape index (κ2) is 10.1. The van der Waals surface area contributed by atoms with Gasteiger partial charge in [-0.05, 0) is 62.9 Å². The predicted molar refractivity (Wildman–Crippen MR) is 148 cm³/mol. The number of aromatic nitrogens is 4. The maximum Gasteiger partial charge on any atom is 0.268 e. The number of aryl methyl sites for hydroxylation is 3. The minimum Gasteiger partial charge on any atom is -0.355 e. The summed E-state index contributed by atoms with van der Waals surface area (Å²) >= 11 is 1.36. The Balaban J connectivity index is 1.44. The minimum atomic E-state index is -0.207. The topological polar surface area (TPSA) is 81.3 Å². The van der Waals surface area contributed by atoms with E-state index in [0.29, 0.717) is 34.2 Å². The van der Waals surface area contributed by atoms with E-state index >= 15 is 0 Å². The maximum atomic E-state index is 13.7. The molecule has 0 unspecified atom stereocenters. The van der Waals surface area contributed by atoms with E-state index in [-0.39, 0.29) is 17.9 Å². The Bertz CT molecular complexity index is 1660. The van der Waals surface area contributed by atoms with Crippen molar-refractivity contribution in [2.45, 2.75) is 40.5 Å². The van der Waals surface area contributed by atoms with Crippen molar-refractivity contribution >= 4 is 22.2 Å². The van der Waals surface area contributed by atoms with Gasteiger partial charge in [-0.3, -0.25) is 14.0 Å². The lowest BCUT2D eigenvalue weighted by molar-refractivity contribution is -0.120. The molecule has 0 bridgehead atoms. The molecule has 0 aliphatic heterocycles. The van der Waals surface area contributed by atoms with Crippen LogP contribution in [0.3, 0.4) is 0 Å². The van der Waals surface area contributed by atoms with E-state index in [9.17, 15) is 9.59 Å². The Morgan fingerprint density at radius 2 is 1.81 bits per heavy atom. The number of rotatable bonds is 7. The maximum absolute atomic E-state index is 13.7. The molecule has 0 spiro atoms. The molecule has 7 nitrogen and oxygen atoms in total. The van der Waals surface area contributed by atoms with Crippen LogP contribution >= 0.6 is 11.3 Å². The molecule has 0 saturated carbocycles. The zero-order valence-corrected chi connectivity index (χ0v) is 22.2. The Kier molecular flexibility index (Phi) is 6.76. The van der Waals surface area contributed by atoms with Crippen LogP contribution in [0.4, 0.5) is 0 Å². The highest BCUT2D eigenvalue weighted by atomic mass is 32.1. The number of fused-ring (bicyclic) bond motifs is 1. The van der Waals surface area contributed by atoms with Crippen molar-refractivity contribution in [3.8, 4) is 16.9 Å². The highest BCUT2D eigenvalue weighted by Crippen LogP contribution is 2.25. The van der Waals surface area contributed by atoms with Crippen LogP contribution in [0, 0.1) is 27.7 Å². The van der Waals surface area contributed by atoms with Gasteiger partial charge in [-0.1, -0.05) is 42.5 Å². The van der Waals surface area contributed by atoms with Crippen molar-refractivity contribution < 1.29 is 4.79 Å². The third-order valence-electron chi connectivity index (χ3n) is 6.69. The number of amides is 1. The molecule has 3 heterocycles. The summed E-state index contributed by atoms with van der Waals surface area (Å²) in [4.78, 5) is 31.7. The number of hydrogen-bond acceptors (Lipinski definition) is 5. The molecular weight excluding hydrogens is 482 g/mol. The Hall–Kier alpha value is -4.04. The van der Waals surface area contributed by atoms with Gasteiger partial charge in [0.15, 0.2) is 4.96 Å². The number of nitrogens with one attached hydrogen (secondary N) is 1. The average molecular weight is 512 g/mol. The fraction of sp³-hybridized carbons (Fsp3) is 0.241. The third-order valence-corrected chi connectivity index (χ3v) is 7.56. The molecule has 188 valence electrons. The summed E-state index contributed by atoms with van der Waals surface area (Å²) in [5, 5.41) is 9.61. The minimum absolute atomic E-state index is 0.106.